The molecule has 12 heteroatoms. The average molecular weight is 418 g/mol. The molecule has 4 unspecified atom stereocenters. The quantitative estimate of drug-likeness (QED) is 0.190. The van der Waals surface area contributed by atoms with Crippen LogP contribution >= 0.6 is 12.6 Å². The minimum Gasteiger partial charge on any atom is -0.481 e. The number of amides is 3. The van der Waals surface area contributed by atoms with E-state index < -0.39 is 48.3 Å². The van der Waals surface area contributed by atoms with Crippen molar-refractivity contribution in [3.63, 3.8) is 0 Å². The summed E-state index contributed by atoms with van der Waals surface area (Å²) < 4.78 is 0. The minimum absolute atomic E-state index is 0.179. The van der Waals surface area contributed by atoms with E-state index in [1.165, 1.54) is 6.92 Å². The predicted molar refractivity (Wildman–Crippen MR) is 101 cm³/mol. The summed E-state index contributed by atoms with van der Waals surface area (Å²) >= 11 is 3.84. The first-order chi connectivity index (χ1) is 13.1. The van der Waals surface area contributed by atoms with Gasteiger partial charge >= 0.3 is 11.9 Å². The normalized spacial score (nSPS) is 19.1. The van der Waals surface area contributed by atoms with Crippen molar-refractivity contribution in [2.45, 2.75) is 56.8 Å². The number of thiol groups is 1. The smallest absolute Gasteiger partial charge is 0.327 e. The molecule has 1 aliphatic heterocycles. The lowest BCUT2D eigenvalue weighted by Crippen LogP contribution is -2.56. The molecule has 0 aliphatic carbocycles. The molecule has 0 saturated carbocycles. The summed E-state index contributed by atoms with van der Waals surface area (Å²) in [6, 6.07) is -3.90. The maximum absolute atomic E-state index is 12.3. The van der Waals surface area contributed by atoms with E-state index in [9.17, 15) is 24.0 Å². The minimum atomic E-state index is -1.31. The van der Waals surface area contributed by atoms with E-state index in [1.54, 1.807) is 0 Å². The third kappa shape index (κ3) is 7.72. The third-order valence-corrected chi connectivity index (χ3v) is 4.57. The van der Waals surface area contributed by atoms with Crippen LogP contribution in [0.1, 0.15) is 32.6 Å². The van der Waals surface area contributed by atoms with Crippen LogP contribution in [0, 0.1) is 0 Å². The molecule has 0 aromatic carbocycles. The molecule has 0 spiro atoms. The van der Waals surface area contributed by atoms with E-state index in [1.807, 2.05) is 0 Å². The molecule has 0 aromatic rings. The lowest BCUT2D eigenvalue weighted by atomic mass is 10.1. The number of rotatable bonds is 11. The second-order valence-corrected chi connectivity index (χ2v) is 6.82. The molecule has 3 amide bonds. The zero-order valence-corrected chi connectivity index (χ0v) is 16.3. The van der Waals surface area contributed by atoms with Gasteiger partial charge in [-0.15, -0.1) is 0 Å². The zero-order chi connectivity index (χ0) is 21.3. The number of aliphatic carboxylic acids is 2. The highest BCUT2D eigenvalue weighted by molar-refractivity contribution is 7.80. The Kier molecular flexibility index (Phi) is 9.73. The van der Waals surface area contributed by atoms with Crippen molar-refractivity contribution >= 4 is 42.3 Å². The zero-order valence-electron chi connectivity index (χ0n) is 15.4. The van der Waals surface area contributed by atoms with Gasteiger partial charge in [0.15, 0.2) is 0 Å². The molecule has 0 radical (unpaired) electrons. The van der Waals surface area contributed by atoms with Gasteiger partial charge in [-0.3, -0.25) is 19.2 Å². The van der Waals surface area contributed by atoms with Gasteiger partial charge in [-0.25, -0.2) is 4.79 Å². The van der Waals surface area contributed by atoms with E-state index in [2.05, 4.69) is 33.9 Å². The number of hydrogen-bond donors (Lipinski definition) is 7. The first-order valence-corrected chi connectivity index (χ1v) is 9.49. The molecule has 1 rings (SSSR count). The molecule has 1 heterocycles. The lowest BCUT2D eigenvalue weighted by molar-refractivity contribution is -0.142. The summed E-state index contributed by atoms with van der Waals surface area (Å²) in [5.74, 6) is -4.53. The fraction of sp³-hybridized carbons (Fsp3) is 0.688. The van der Waals surface area contributed by atoms with Crippen LogP contribution in [-0.2, 0) is 24.0 Å². The van der Waals surface area contributed by atoms with Gasteiger partial charge in [-0.1, -0.05) is 0 Å². The maximum Gasteiger partial charge on any atom is 0.327 e. The van der Waals surface area contributed by atoms with Gasteiger partial charge in [0.05, 0.1) is 6.04 Å². The summed E-state index contributed by atoms with van der Waals surface area (Å²) in [6.45, 7) is 2.15. The van der Waals surface area contributed by atoms with Crippen molar-refractivity contribution in [3.05, 3.63) is 0 Å². The Morgan fingerprint density at radius 3 is 2.21 bits per heavy atom. The highest BCUT2D eigenvalue weighted by Crippen LogP contribution is 2.05. The summed E-state index contributed by atoms with van der Waals surface area (Å²) in [6.07, 6.45) is 0.858. The van der Waals surface area contributed by atoms with Gasteiger partial charge in [0, 0.05) is 12.2 Å². The van der Waals surface area contributed by atoms with Crippen LogP contribution in [0.2, 0.25) is 0 Å². The highest BCUT2D eigenvalue weighted by Gasteiger charge is 2.29. The van der Waals surface area contributed by atoms with E-state index >= 15 is 0 Å². The Hall–Kier alpha value is -2.34. The van der Waals surface area contributed by atoms with E-state index in [0.29, 0.717) is 13.0 Å². The monoisotopic (exact) mass is 418 g/mol. The summed E-state index contributed by atoms with van der Waals surface area (Å²) in [4.78, 5) is 58.6. The fourth-order valence-corrected chi connectivity index (χ4v) is 2.83. The lowest BCUT2D eigenvalue weighted by Gasteiger charge is -2.23. The van der Waals surface area contributed by atoms with Crippen LogP contribution in [0.5, 0.6) is 0 Å². The van der Waals surface area contributed by atoms with Gasteiger partial charge in [-0.2, -0.15) is 12.6 Å². The van der Waals surface area contributed by atoms with Gasteiger partial charge in [0.2, 0.25) is 17.7 Å². The van der Waals surface area contributed by atoms with E-state index in [4.69, 9.17) is 10.2 Å². The van der Waals surface area contributed by atoms with Crippen molar-refractivity contribution in [1.82, 2.24) is 21.3 Å². The van der Waals surface area contributed by atoms with Crippen LogP contribution in [0.3, 0.4) is 0 Å². The molecule has 0 aromatic heterocycles. The molecule has 6 N–H and O–H groups in total. The van der Waals surface area contributed by atoms with E-state index in [0.717, 1.165) is 6.42 Å². The Balaban J connectivity index is 2.70. The van der Waals surface area contributed by atoms with Crippen molar-refractivity contribution < 1.29 is 34.2 Å². The van der Waals surface area contributed by atoms with Crippen LogP contribution in [0.4, 0.5) is 0 Å². The largest absolute Gasteiger partial charge is 0.481 e. The first kappa shape index (κ1) is 23.7. The molecule has 1 aliphatic rings. The molecule has 1 saturated heterocycles. The van der Waals surface area contributed by atoms with Crippen LogP contribution < -0.4 is 21.3 Å². The number of carbonyl (C=O) groups excluding carboxylic acids is 3. The molecule has 0 bridgehead atoms. The van der Waals surface area contributed by atoms with Gasteiger partial charge in [0.1, 0.15) is 18.1 Å². The third-order valence-electron chi connectivity index (χ3n) is 4.21. The van der Waals surface area contributed by atoms with Crippen LogP contribution in [-0.4, -0.2) is 76.3 Å². The molecular weight excluding hydrogens is 392 g/mol. The van der Waals surface area contributed by atoms with Crippen LogP contribution in [0.15, 0.2) is 0 Å². The van der Waals surface area contributed by atoms with Crippen molar-refractivity contribution in [3.8, 4) is 0 Å². The van der Waals surface area contributed by atoms with Gasteiger partial charge in [-0.05, 0) is 32.7 Å². The molecular formula is C16H26N4O7S. The molecule has 1 fully saturated rings. The molecule has 28 heavy (non-hydrogen) atoms. The predicted octanol–water partition coefficient (Wildman–Crippen LogP) is -1.91. The Bertz CT molecular complexity index is 610. The standard InChI is InChI=1S/C16H26N4O7S/c1-8(18-14(24)9-3-2-6-17-9)13(23)19-10(4-5-12(21)22)15(25)20-11(7-28)16(26)27/h8-11,17,28H,2-7H2,1H3,(H,18,24)(H,19,23)(H,20,25)(H,21,22)(H,26,27). The number of carbonyl (C=O) groups is 5. The highest BCUT2D eigenvalue weighted by atomic mass is 32.1. The molecule has 11 nitrogen and oxygen atoms in total. The summed E-state index contributed by atoms with van der Waals surface area (Å²) in [5, 5.41) is 27.9. The number of carboxylic acid groups (broad SMARTS) is 2. The van der Waals surface area contributed by atoms with E-state index in [-0.39, 0.29) is 24.1 Å². The Labute approximate surface area is 167 Å². The Morgan fingerprint density at radius 1 is 1.07 bits per heavy atom. The fourth-order valence-electron chi connectivity index (χ4n) is 2.58. The van der Waals surface area contributed by atoms with Crippen molar-refractivity contribution in [2.75, 3.05) is 12.3 Å². The maximum atomic E-state index is 12.3. The summed E-state index contributed by atoms with van der Waals surface area (Å²) in [5.41, 5.74) is 0. The SMILES string of the molecule is CC(NC(=O)C1CCCN1)C(=O)NC(CCC(=O)O)C(=O)NC(CS)C(=O)O. The topological polar surface area (TPSA) is 174 Å². The number of carboxylic acids is 2. The first-order valence-electron chi connectivity index (χ1n) is 8.85. The average Bonchev–Trinajstić information content (AvgIpc) is 3.16. The summed E-state index contributed by atoms with van der Waals surface area (Å²) in [7, 11) is 0. The van der Waals surface area contributed by atoms with Crippen molar-refractivity contribution in [2.24, 2.45) is 0 Å². The number of nitrogens with one attached hydrogen (secondary N) is 4. The van der Waals surface area contributed by atoms with Gasteiger partial charge in [0.25, 0.3) is 0 Å². The second-order valence-electron chi connectivity index (χ2n) is 6.45. The number of hydrogen-bond acceptors (Lipinski definition) is 7. The molecule has 158 valence electrons. The molecule has 4 atom stereocenters. The van der Waals surface area contributed by atoms with Gasteiger partial charge < -0.3 is 31.5 Å². The van der Waals surface area contributed by atoms with Crippen molar-refractivity contribution in [1.29, 1.82) is 0 Å². The second kappa shape index (κ2) is 11.5. The van der Waals surface area contributed by atoms with Crippen LogP contribution in [0.25, 0.3) is 0 Å². The Morgan fingerprint density at radius 2 is 1.71 bits per heavy atom.